The van der Waals surface area contributed by atoms with Gasteiger partial charge >= 0.3 is 0 Å². The highest BCUT2D eigenvalue weighted by molar-refractivity contribution is 6.33. The van der Waals surface area contributed by atoms with Gasteiger partial charge < -0.3 is 63.0 Å². The number of likely N-dealkylation sites (tertiary alicyclic amines) is 2. The fourth-order valence-electron chi connectivity index (χ4n) is 19.0. The predicted octanol–water partition coefficient (Wildman–Crippen LogP) is 15.0. The van der Waals surface area contributed by atoms with Crippen LogP contribution in [-0.2, 0) is 35.8 Å². The van der Waals surface area contributed by atoms with Crippen LogP contribution in [0.25, 0.3) is 0 Å². The van der Waals surface area contributed by atoms with Crippen molar-refractivity contribution in [1.29, 1.82) is 5.26 Å². The van der Waals surface area contributed by atoms with Crippen LogP contribution in [0.3, 0.4) is 0 Å². The number of rotatable bonds is 26. The Hall–Kier alpha value is -8.93. The van der Waals surface area contributed by atoms with Crippen LogP contribution in [0.1, 0.15) is 174 Å². The molecule has 0 aromatic carbocycles. The molecule has 31 nitrogen and oxygen atoms in total. The Bertz CT molecular complexity index is 4760. The molecule has 0 radical (unpaired) electrons. The number of amides is 2. The van der Waals surface area contributed by atoms with Crippen LogP contribution >= 0.6 is 46.4 Å². The molecule has 119 heavy (non-hydrogen) atoms. The van der Waals surface area contributed by atoms with Gasteiger partial charge in [-0.2, -0.15) is 45.6 Å². The van der Waals surface area contributed by atoms with Gasteiger partial charge in [0.15, 0.2) is 23.3 Å². The van der Waals surface area contributed by atoms with Crippen molar-refractivity contribution >= 4 is 128 Å². The van der Waals surface area contributed by atoms with Crippen molar-refractivity contribution in [2.75, 3.05) is 94.9 Å². The number of nitrogens with zero attached hydrogens (tertiary/aromatic N) is 19. The van der Waals surface area contributed by atoms with Crippen molar-refractivity contribution in [3.05, 3.63) is 94.5 Å². The fourth-order valence-corrected chi connectivity index (χ4v) is 19.6. The van der Waals surface area contributed by atoms with Crippen LogP contribution in [0.15, 0.2) is 74.4 Å². The second-order valence-electron chi connectivity index (χ2n) is 35.9. The number of piperidine rings is 2. The minimum Gasteiger partial charge on any atom is -0.366 e. The number of aromatic nitrogens is 16. The third-order valence-corrected chi connectivity index (χ3v) is 27.8. The summed E-state index contributed by atoms with van der Waals surface area (Å²) in [6.07, 6.45) is 51.5. The maximum Gasteiger partial charge on any atom is 0.236 e. The Balaban J connectivity index is 0.000000114. The van der Waals surface area contributed by atoms with Gasteiger partial charge in [0.2, 0.25) is 35.6 Å². The number of fused-ring (bicyclic) bond motifs is 2. The number of hydrogen-bond acceptors (Lipinski definition) is 25. The van der Waals surface area contributed by atoms with Crippen molar-refractivity contribution in [2.45, 2.75) is 224 Å². The van der Waals surface area contributed by atoms with Crippen molar-refractivity contribution in [2.24, 2.45) is 58.2 Å². The maximum absolute atomic E-state index is 12.0. The summed E-state index contributed by atoms with van der Waals surface area (Å²) < 4.78 is 7.92. The SMILES string of the molecule is CCC(=O)N1CCC2(CCC(Nc3nc(Nc4cnn(CC5CC5)c4)ncc3Cl)CC2)CC1.Clc1cnc(Nc2cnn(CC3CC3)c2)nc1NC1CC2CNCC2C1.Clc1cnc(Nc2cnn(CC3CC3)c2)nc1NC1CCC2(CCNCC2)CC1.N#CCC(=O)N1CC2CC(Nc3nc(Nc4cnn(CC5CC5)c4)ncc3Cl)CC2C1. The van der Waals surface area contributed by atoms with Crippen LogP contribution < -0.4 is 53.2 Å². The van der Waals surface area contributed by atoms with Gasteiger partial charge in [-0.1, -0.05) is 53.3 Å². The second-order valence-corrected chi connectivity index (χ2v) is 37.5. The van der Waals surface area contributed by atoms with E-state index in [0.717, 1.165) is 168 Å². The van der Waals surface area contributed by atoms with E-state index in [1.54, 1.807) is 31.0 Å². The Kier molecular flexibility index (Phi) is 26.0. The van der Waals surface area contributed by atoms with Crippen molar-refractivity contribution in [1.82, 2.24) is 99.4 Å². The standard InChI is InChI=1S/C24H34ClN7O.C21H25ClN8O.C21H30ClN7.C18H24ClN7/c1-2-21(33)31-11-9-24(10-12-31)7-5-18(6-8-24)28-22-20(25)14-26-23(30-22)29-19-13-27-32(16-19)15-17-3-4-17;22-18-8-24-21(27-17-7-25-30(12-17)9-13-1-2-13)28-20(18)26-16-5-14-10-29(11-15(14)6-16)19(31)3-4-23;22-18-12-24-20(27-17-11-25-29(14-17)13-15-1-2-15)28-19(18)26-16-3-5-21(6-4-16)7-9-23-10-8-21;19-16-8-21-18(24-15-7-22-26(10-15)9-11-1-2-11)25-17(16)23-14-3-12-5-20-6-13(12)4-14/h13-14,16-18H,2-12,15H2,1H3,(H2,26,28,29,30);7-8,12-16H,1-3,5-6,9-11H2,(H2,24,26,27,28);11-12,14-16,23H,1-10,13H2,(H2,24,26,27,28);7-8,10-14,20H,1-6,9H2,(H2,21,23,24,25). The van der Waals surface area contributed by atoms with Crippen LogP contribution in [-0.4, -0.2) is 177 Å². The third-order valence-electron chi connectivity index (χ3n) is 26.7. The first-order valence-electron chi connectivity index (χ1n) is 43.7. The van der Waals surface area contributed by atoms with Gasteiger partial charge in [-0.3, -0.25) is 28.3 Å². The molecule has 4 aliphatic heterocycles. The number of anilines is 12. The lowest BCUT2D eigenvalue weighted by Crippen LogP contribution is -2.45. The lowest BCUT2D eigenvalue weighted by molar-refractivity contribution is -0.133. The van der Waals surface area contributed by atoms with Gasteiger partial charge in [0, 0.05) is 108 Å². The average Bonchev–Trinajstić information content (AvgIpc) is 1.34. The molecule has 20 rings (SSSR count). The van der Waals surface area contributed by atoms with E-state index in [1.165, 1.54) is 129 Å². The van der Waals surface area contributed by atoms with Gasteiger partial charge in [0.25, 0.3) is 0 Å². The first-order valence-corrected chi connectivity index (χ1v) is 45.2. The van der Waals surface area contributed by atoms with Crippen molar-refractivity contribution < 1.29 is 9.59 Å². The average molecular weight is 1700 g/mol. The van der Waals surface area contributed by atoms with Gasteiger partial charge in [-0.05, 0) is 238 Å². The molecular weight excluding hydrogens is 1590 g/mol. The Morgan fingerprint density at radius 3 is 1.08 bits per heavy atom. The number of nitrogens with one attached hydrogen (secondary N) is 10. The number of nitriles is 1. The Morgan fingerprint density at radius 1 is 0.420 bits per heavy atom. The topological polar surface area (TPSA) is 359 Å². The Labute approximate surface area is 715 Å². The zero-order valence-corrected chi connectivity index (χ0v) is 71.1. The highest BCUT2D eigenvalue weighted by Gasteiger charge is 2.44. The van der Waals surface area contributed by atoms with Gasteiger partial charge in [0.1, 0.15) is 26.5 Å². The van der Waals surface area contributed by atoms with Gasteiger partial charge in [-0.15, -0.1) is 0 Å². The summed E-state index contributed by atoms with van der Waals surface area (Å²) in [6, 6.07) is 3.42. The summed E-state index contributed by atoms with van der Waals surface area (Å²) in [4.78, 5) is 63.6. The first-order chi connectivity index (χ1) is 58.0. The molecule has 8 saturated carbocycles. The molecule has 8 aromatic rings. The Morgan fingerprint density at radius 2 is 0.748 bits per heavy atom. The minimum atomic E-state index is -0.0589. The van der Waals surface area contributed by atoms with E-state index in [0.29, 0.717) is 114 Å². The van der Waals surface area contributed by atoms with E-state index in [-0.39, 0.29) is 18.4 Å². The maximum atomic E-state index is 12.0. The molecule has 12 aliphatic rings. The molecule has 4 unspecified atom stereocenters. The molecule has 4 atom stereocenters. The largest absolute Gasteiger partial charge is 0.366 e. The van der Waals surface area contributed by atoms with Crippen LogP contribution in [0.4, 0.5) is 69.8 Å². The molecule has 12 heterocycles. The van der Waals surface area contributed by atoms with Gasteiger partial charge in [-0.25, -0.2) is 19.9 Å². The molecular formula is C84H113Cl4N29O2. The van der Waals surface area contributed by atoms with Crippen LogP contribution in [0.5, 0.6) is 0 Å². The van der Waals surface area contributed by atoms with E-state index in [2.05, 4.69) is 113 Å². The number of carbonyl (C=O) groups excluding carboxylic acids is 2. The molecule has 35 heteroatoms. The molecule has 8 aromatic heterocycles. The zero-order chi connectivity index (χ0) is 81.4. The number of hydrogen-bond donors (Lipinski definition) is 10. The fraction of sp³-hybridized carbons (Fsp3) is 0.631. The number of carbonyl (C=O) groups is 2. The first kappa shape index (κ1) is 82.4. The second kappa shape index (κ2) is 37.6. The lowest BCUT2D eigenvalue weighted by Gasteiger charge is -2.46. The van der Waals surface area contributed by atoms with Crippen molar-refractivity contribution in [3.8, 4) is 6.07 Å². The monoisotopic (exact) mass is 1700 g/mol. The summed E-state index contributed by atoms with van der Waals surface area (Å²) in [5.41, 5.74) is 4.50. The third kappa shape index (κ3) is 22.4. The smallest absolute Gasteiger partial charge is 0.236 e. The van der Waals surface area contributed by atoms with E-state index >= 15 is 0 Å². The summed E-state index contributed by atoms with van der Waals surface area (Å²) in [5.74, 6) is 10.7. The van der Waals surface area contributed by atoms with Crippen molar-refractivity contribution in [3.63, 3.8) is 0 Å². The molecule has 8 aliphatic carbocycles. The molecule has 2 amide bonds. The molecule has 4 saturated heterocycles. The highest BCUT2D eigenvalue weighted by atomic mass is 35.5. The summed E-state index contributed by atoms with van der Waals surface area (Å²) in [5, 5.41) is 62.6. The van der Waals surface area contributed by atoms with E-state index in [9.17, 15) is 9.59 Å². The molecule has 2 spiro atoms. The van der Waals surface area contributed by atoms with Crippen LogP contribution in [0.2, 0.25) is 20.1 Å². The van der Waals surface area contributed by atoms with E-state index < -0.39 is 0 Å². The van der Waals surface area contributed by atoms with E-state index in [4.69, 9.17) is 51.7 Å². The van der Waals surface area contributed by atoms with E-state index in [1.807, 2.05) is 84.9 Å². The molecule has 634 valence electrons. The summed E-state index contributed by atoms with van der Waals surface area (Å²) >= 11 is 25.5. The molecule has 10 N–H and O–H groups in total. The zero-order valence-electron chi connectivity index (χ0n) is 68.1. The quantitative estimate of drug-likeness (QED) is 0.0241. The normalized spacial score (nSPS) is 24.0. The molecule has 12 fully saturated rings. The van der Waals surface area contributed by atoms with Gasteiger partial charge in [0.05, 0.1) is 78.4 Å². The summed E-state index contributed by atoms with van der Waals surface area (Å²) in [6.45, 7) is 13.8. The highest BCUT2D eigenvalue weighted by Crippen LogP contribution is 2.48. The lowest BCUT2D eigenvalue weighted by atomic mass is 9.67. The number of halogens is 4. The summed E-state index contributed by atoms with van der Waals surface area (Å²) in [7, 11) is 0. The molecule has 0 bridgehead atoms. The predicted molar refractivity (Wildman–Crippen MR) is 463 cm³/mol. The van der Waals surface area contributed by atoms with Crippen LogP contribution in [0, 0.1) is 69.5 Å². The minimum absolute atomic E-state index is 0.0348.